The van der Waals surface area contributed by atoms with E-state index < -0.39 is 0 Å². The number of fused-ring (bicyclic) bond motifs is 4. The third-order valence-corrected chi connectivity index (χ3v) is 8.53. The lowest BCUT2D eigenvalue weighted by Gasteiger charge is -2.42. The molecule has 0 aromatic heterocycles. The number of amides is 1. The predicted molar refractivity (Wildman–Crippen MR) is 113 cm³/mol. The van der Waals surface area contributed by atoms with E-state index in [1.807, 2.05) is 13.8 Å². The van der Waals surface area contributed by atoms with Gasteiger partial charge in [-0.15, -0.1) is 0 Å². The molecule has 5 rings (SSSR count). The van der Waals surface area contributed by atoms with Gasteiger partial charge in [-0.25, -0.2) is 0 Å². The third-order valence-electron chi connectivity index (χ3n) is 8.53. The van der Waals surface area contributed by atoms with Crippen LogP contribution in [0.4, 0.5) is 0 Å². The summed E-state index contributed by atoms with van der Waals surface area (Å²) < 4.78 is 0. The lowest BCUT2D eigenvalue weighted by molar-refractivity contribution is -0.124. The molecule has 3 fully saturated rings. The van der Waals surface area contributed by atoms with Gasteiger partial charge in [0, 0.05) is 17.9 Å². The van der Waals surface area contributed by atoms with Crippen LogP contribution in [0.15, 0.2) is 24.3 Å². The third kappa shape index (κ3) is 3.20. The maximum Gasteiger partial charge on any atom is 0.223 e. The van der Waals surface area contributed by atoms with Crippen molar-refractivity contribution in [3.05, 3.63) is 35.4 Å². The Bertz CT molecular complexity index is 734. The zero-order valence-electron chi connectivity index (χ0n) is 17.6. The van der Waals surface area contributed by atoms with Gasteiger partial charge in [0.2, 0.25) is 5.91 Å². The summed E-state index contributed by atoms with van der Waals surface area (Å²) in [7, 11) is 0. The Morgan fingerprint density at radius 3 is 2.64 bits per heavy atom. The molecule has 1 aliphatic heterocycles. The number of nitrogens with zero attached hydrogens (tertiary/aromatic N) is 1. The van der Waals surface area contributed by atoms with Crippen LogP contribution in [0, 0.1) is 23.7 Å². The van der Waals surface area contributed by atoms with Crippen LogP contribution in [0.25, 0.3) is 0 Å². The molecular weight excluding hydrogens is 344 g/mol. The molecule has 0 unspecified atom stereocenters. The smallest absolute Gasteiger partial charge is 0.223 e. The second kappa shape index (κ2) is 7.16. The number of carbonyl (C=O) groups is 1. The Balaban J connectivity index is 1.26. The molecule has 28 heavy (non-hydrogen) atoms. The SMILES string of the molecule is CC(C)C(=O)N[C@@H]1CC2(CCN(C[C@H]3C[C@@H]4CC[C@H]3C4)CC2)c2ccccc21. The number of hydrogen-bond acceptors (Lipinski definition) is 2. The molecule has 3 heteroatoms. The summed E-state index contributed by atoms with van der Waals surface area (Å²) in [5.74, 6) is 3.29. The van der Waals surface area contributed by atoms with Gasteiger partial charge < -0.3 is 10.2 Å². The molecule has 1 saturated heterocycles. The lowest BCUT2D eigenvalue weighted by atomic mass is 9.73. The van der Waals surface area contributed by atoms with Crippen LogP contribution in [0.5, 0.6) is 0 Å². The largest absolute Gasteiger partial charge is 0.349 e. The van der Waals surface area contributed by atoms with Crippen molar-refractivity contribution in [1.29, 1.82) is 0 Å². The average Bonchev–Trinajstić information content (AvgIpc) is 3.39. The summed E-state index contributed by atoms with van der Waals surface area (Å²) in [4.78, 5) is 15.1. The topological polar surface area (TPSA) is 32.3 Å². The molecule has 3 nitrogen and oxygen atoms in total. The minimum Gasteiger partial charge on any atom is -0.349 e. The Hall–Kier alpha value is -1.35. The molecule has 1 spiro atoms. The Morgan fingerprint density at radius 1 is 1.18 bits per heavy atom. The quantitative estimate of drug-likeness (QED) is 0.823. The van der Waals surface area contributed by atoms with E-state index in [4.69, 9.17) is 0 Å². The summed E-state index contributed by atoms with van der Waals surface area (Å²) in [5, 5.41) is 3.34. The van der Waals surface area contributed by atoms with Gasteiger partial charge in [-0.1, -0.05) is 44.5 Å². The number of rotatable bonds is 4. The van der Waals surface area contributed by atoms with Crippen molar-refractivity contribution in [3.8, 4) is 0 Å². The molecule has 152 valence electrons. The molecule has 2 bridgehead atoms. The maximum absolute atomic E-state index is 12.4. The van der Waals surface area contributed by atoms with E-state index in [9.17, 15) is 4.79 Å². The Morgan fingerprint density at radius 2 is 1.96 bits per heavy atom. The van der Waals surface area contributed by atoms with Crippen molar-refractivity contribution < 1.29 is 4.79 Å². The summed E-state index contributed by atoms with van der Waals surface area (Å²) in [6.45, 7) is 7.77. The zero-order chi connectivity index (χ0) is 19.3. The van der Waals surface area contributed by atoms with E-state index in [1.54, 1.807) is 0 Å². The molecule has 1 aromatic rings. The second-order valence-electron chi connectivity index (χ2n) is 10.5. The first-order valence-electron chi connectivity index (χ1n) is 11.7. The second-order valence-corrected chi connectivity index (χ2v) is 10.5. The van der Waals surface area contributed by atoms with Crippen molar-refractivity contribution in [2.75, 3.05) is 19.6 Å². The summed E-state index contributed by atoms with van der Waals surface area (Å²) in [6.07, 6.45) is 9.61. The monoisotopic (exact) mass is 380 g/mol. The molecule has 2 saturated carbocycles. The summed E-state index contributed by atoms with van der Waals surface area (Å²) >= 11 is 0. The van der Waals surface area contributed by atoms with Gasteiger partial charge in [-0.05, 0) is 80.5 Å². The molecule has 1 heterocycles. The van der Waals surface area contributed by atoms with E-state index in [1.165, 1.54) is 69.3 Å². The lowest BCUT2D eigenvalue weighted by Crippen LogP contribution is -2.44. The maximum atomic E-state index is 12.4. The van der Waals surface area contributed by atoms with E-state index >= 15 is 0 Å². The number of hydrogen-bond donors (Lipinski definition) is 1. The minimum atomic E-state index is 0.0484. The van der Waals surface area contributed by atoms with Crippen molar-refractivity contribution in [2.45, 2.75) is 70.3 Å². The number of likely N-dealkylation sites (tertiary alicyclic amines) is 1. The van der Waals surface area contributed by atoms with Gasteiger partial charge in [-0.3, -0.25) is 4.79 Å². The number of nitrogens with one attached hydrogen (secondary N) is 1. The fourth-order valence-corrected chi connectivity index (χ4v) is 6.93. The number of carbonyl (C=O) groups excluding carboxylic acids is 1. The molecule has 0 radical (unpaired) electrons. The van der Waals surface area contributed by atoms with Crippen molar-refractivity contribution >= 4 is 5.91 Å². The molecule has 4 atom stereocenters. The molecule has 1 amide bonds. The van der Waals surface area contributed by atoms with Crippen molar-refractivity contribution in [1.82, 2.24) is 10.2 Å². The Labute approximate surface area is 170 Å². The first-order chi connectivity index (χ1) is 13.5. The molecule has 1 aromatic carbocycles. The highest BCUT2D eigenvalue weighted by atomic mass is 16.1. The summed E-state index contributed by atoms with van der Waals surface area (Å²) in [6, 6.07) is 9.11. The predicted octanol–water partition coefficient (Wildman–Crippen LogP) is 4.67. The highest BCUT2D eigenvalue weighted by molar-refractivity contribution is 5.78. The van der Waals surface area contributed by atoms with E-state index in [-0.39, 0.29) is 23.3 Å². The van der Waals surface area contributed by atoms with Gasteiger partial charge in [0.1, 0.15) is 0 Å². The van der Waals surface area contributed by atoms with Crippen LogP contribution in [-0.2, 0) is 10.2 Å². The van der Waals surface area contributed by atoms with Crippen molar-refractivity contribution in [2.24, 2.45) is 23.7 Å². The zero-order valence-corrected chi connectivity index (χ0v) is 17.6. The van der Waals surface area contributed by atoms with Gasteiger partial charge in [0.05, 0.1) is 6.04 Å². The van der Waals surface area contributed by atoms with Crippen LogP contribution in [0.2, 0.25) is 0 Å². The van der Waals surface area contributed by atoms with Crippen LogP contribution in [-0.4, -0.2) is 30.4 Å². The van der Waals surface area contributed by atoms with Gasteiger partial charge >= 0.3 is 0 Å². The fraction of sp³-hybridized carbons (Fsp3) is 0.720. The van der Waals surface area contributed by atoms with Crippen LogP contribution in [0.1, 0.15) is 76.0 Å². The summed E-state index contributed by atoms with van der Waals surface area (Å²) in [5.41, 5.74) is 3.16. The first kappa shape index (κ1) is 18.7. The van der Waals surface area contributed by atoms with Crippen LogP contribution >= 0.6 is 0 Å². The van der Waals surface area contributed by atoms with E-state index in [2.05, 4.69) is 34.5 Å². The number of piperidine rings is 1. The first-order valence-corrected chi connectivity index (χ1v) is 11.7. The highest BCUT2D eigenvalue weighted by Crippen LogP contribution is 2.52. The standard InChI is InChI=1S/C25H36N2O/c1-17(2)24(28)26-23-15-25(22-6-4-3-5-21(22)23)9-11-27(12-10-25)16-20-14-18-7-8-19(20)13-18/h3-6,17-20,23H,7-16H2,1-2H3,(H,26,28)/t18-,19+,20-,23-/m1/s1. The normalized spacial score (nSPS) is 33.5. The van der Waals surface area contributed by atoms with Gasteiger partial charge in [0.25, 0.3) is 0 Å². The van der Waals surface area contributed by atoms with E-state index in [0.717, 1.165) is 24.2 Å². The van der Waals surface area contributed by atoms with Crippen LogP contribution in [0.3, 0.4) is 0 Å². The number of benzene rings is 1. The Kier molecular flexibility index (Phi) is 4.77. The molecule has 4 aliphatic rings. The van der Waals surface area contributed by atoms with Crippen molar-refractivity contribution in [3.63, 3.8) is 0 Å². The molecule has 3 aliphatic carbocycles. The molecule has 1 N–H and O–H groups in total. The highest BCUT2D eigenvalue weighted by Gasteiger charge is 2.47. The minimum absolute atomic E-state index is 0.0484. The average molecular weight is 381 g/mol. The van der Waals surface area contributed by atoms with E-state index in [0.29, 0.717) is 0 Å². The van der Waals surface area contributed by atoms with Gasteiger partial charge in [-0.2, -0.15) is 0 Å². The fourth-order valence-electron chi connectivity index (χ4n) is 6.93. The van der Waals surface area contributed by atoms with Crippen LogP contribution < -0.4 is 5.32 Å². The van der Waals surface area contributed by atoms with Gasteiger partial charge in [0.15, 0.2) is 0 Å². The molecular formula is C25H36N2O.